The van der Waals surface area contributed by atoms with E-state index in [0.29, 0.717) is 18.5 Å². The SMILES string of the molecule is CC(C[C@H](N)Cc1ccccc1F)N1CCC[C@H]1CNS(C)(=O)=O.O=C(O)C(F)(F)F.O=C(O)C(F)(F)F. The summed E-state index contributed by atoms with van der Waals surface area (Å²) in [5.41, 5.74) is 6.87. The van der Waals surface area contributed by atoms with Crippen LogP contribution in [0.25, 0.3) is 0 Å². The number of likely N-dealkylation sites (tertiary alicyclic amines) is 1. The van der Waals surface area contributed by atoms with Gasteiger partial charge in [-0.25, -0.2) is 27.1 Å². The van der Waals surface area contributed by atoms with Crippen molar-refractivity contribution in [3.63, 3.8) is 0 Å². The molecule has 220 valence electrons. The number of aliphatic carboxylic acids is 2. The van der Waals surface area contributed by atoms with Crippen molar-refractivity contribution in [3.05, 3.63) is 35.6 Å². The van der Waals surface area contributed by atoms with Gasteiger partial charge in [0.05, 0.1) is 6.26 Å². The van der Waals surface area contributed by atoms with Crippen LogP contribution >= 0.6 is 0 Å². The maximum Gasteiger partial charge on any atom is 0.490 e. The second-order valence-electron chi connectivity index (χ2n) is 8.40. The molecular weight excluding hydrogens is 555 g/mol. The van der Waals surface area contributed by atoms with Gasteiger partial charge in [0.2, 0.25) is 10.0 Å². The number of carboxylic acids is 2. The van der Waals surface area contributed by atoms with Gasteiger partial charge in [-0.15, -0.1) is 0 Å². The predicted molar refractivity (Wildman–Crippen MR) is 122 cm³/mol. The molecule has 1 aliphatic heterocycles. The third-order valence-corrected chi connectivity index (χ3v) is 5.83. The van der Waals surface area contributed by atoms with E-state index >= 15 is 0 Å². The number of halogens is 7. The first-order chi connectivity index (χ1) is 17.1. The van der Waals surface area contributed by atoms with Gasteiger partial charge < -0.3 is 15.9 Å². The zero-order valence-electron chi connectivity index (χ0n) is 20.4. The Kier molecular flexibility index (Phi) is 14.2. The lowest BCUT2D eigenvalue weighted by Crippen LogP contribution is -2.46. The molecule has 1 aromatic rings. The van der Waals surface area contributed by atoms with E-state index in [2.05, 4.69) is 16.5 Å². The molecule has 1 aliphatic rings. The third kappa shape index (κ3) is 15.0. The van der Waals surface area contributed by atoms with Gasteiger partial charge in [-0.2, -0.15) is 26.3 Å². The Hall–Kier alpha value is -2.50. The molecule has 1 saturated heterocycles. The van der Waals surface area contributed by atoms with Crippen LogP contribution in [0.2, 0.25) is 0 Å². The molecule has 38 heavy (non-hydrogen) atoms. The first-order valence-corrected chi connectivity index (χ1v) is 12.8. The van der Waals surface area contributed by atoms with E-state index in [1.807, 2.05) is 6.07 Å². The largest absolute Gasteiger partial charge is 0.490 e. The molecule has 0 aliphatic carbocycles. The number of sulfonamides is 1. The lowest BCUT2D eigenvalue weighted by Gasteiger charge is -2.32. The summed E-state index contributed by atoms with van der Waals surface area (Å²) in [4.78, 5) is 20.1. The van der Waals surface area contributed by atoms with Crippen molar-refractivity contribution in [2.75, 3.05) is 19.3 Å². The standard InChI is InChI=1S/C17H28FN3O2S.2C2HF3O2/c1-13(10-15(19)11-14-6-3-4-8-17(14)18)21-9-5-7-16(21)12-20-24(2,22)23;2*3-2(4,5)1(6)7/h3-4,6,8,13,15-16,20H,5,7,9-12,19H2,1-2H3;2*(H,6,7)/t13?,15-,16-;;/m0../s1. The smallest absolute Gasteiger partial charge is 0.475 e. The van der Waals surface area contributed by atoms with Gasteiger partial charge in [0.1, 0.15) is 5.82 Å². The fourth-order valence-electron chi connectivity index (χ4n) is 3.51. The molecule has 0 aromatic heterocycles. The van der Waals surface area contributed by atoms with Crippen molar-refractivity contribution < 1.29 is 59.0 Å². The number of nitrogens with zero attached hydrogens (tertiary/aromatic N) is 1. The average molecular weight is 586 g/mol. The number of carbonyl (C=O) groups is 2. The van der Waals surface area contributed by atoms with E-state index in [9.17, 15) is 39.2 Å². The molecule has 0 radical (unpaired) electrons. The Morgan fingerprint density at radius 3 is 2.00 bits per heavy atom. The summed E-state index contributed by atoms with van der Waals surface area (Å²) in [5.74, 6) is -5.72. The van der Waals surface area contributed by atoms with E-state index in [1.54, 1.807) is 12.1 Å². The lowest BCUT2D eigenvalue weighted by atomic mass is 9.99. The molecule has 1 fully saturated rings. The first kappa shape index (κ1) is 35.5. The zero-order valence-corrected chi connectivity index (χ0v) is 21.2. The zero-order chi connectivity index (χ0) is 29.9. The number of nitrogens with two attached hydrogens (primary N) is 1. The summed E-state index contributed by atoms with van der Waals surface area (Å²) in [7, 11) is -3.17. The van der Waals surface area contributed by atoms with E-state index in [1.165, 1.54) is 12.3 Å². The molecule has 0 bridgehead atoms. The highest BCUT2D eigenvalue weighted by molar-refractivity contribution is 7.88. The van der Waals surface area contributed by atoms with Crippen LogP contribution in [0.15, 0.2) is 24.3 Å². The van der Waals surface area contributed by atoms with Crippen molar-refractivity contribution >= 4 is 22.0 Å². The number of nitrogens with one attached hydrogen (secondary N) is 1. The van der Waals surface area contributed by atoms with E-state index < -0.39 is 34.3 Å². The van der Waals surface area contributed by atoms with Gasteiger partial charge in [0.25, 0.3) is 0 Å². The number of hydrogen-bond acceptors (Lipinski definition) is 6. The molecule has 2 rings (SSSR count). The molecule has 1 heterocycles. The van der Waals surface area contributed by atoms with Gasteiger partial charge in [-0.05, 0) is 50.8 Å². The van der Waals surface area contributed by atoms with Crippen LogP contribution in [0.5, 0.6) is 0 Å². The molecular formula is C21H30F7N3O6S. The Morgan fingerprint density at radius 1 is 1.11 bits per heavy atom. The topological polar surface area (TPSA) is 150 Å². The van der Waals surface area contributed by atoms with Crippen LogP contribution in [0, 0.1) is 5.82 Å². The van der Waals surface area contributed by atoms with E-state index in [4.69, 9.17) is 25.5 Å². The van der Waals surface area contributed by atoms with Crippen molar-refractivity contribution in [1.82, 2.24) is 9.62 Å². The summed E-state index contributed by atoms with van der Waals surface area (Å²) in [6, 6.07) is 7.04. The van der Waals surface area contributed by atoms with E-state index in [0.717, 1.165) is 25.8 Å². The Labute approximate surface area is 214 Å². The number of rotatable bonds is 8. The summed E-state index contributed by atoms with van der Waals surface area (Å²) in [5, 5.41) is 14.2. The molecule has 0 spiro atoms. The maximum atomic E-state index is 13.7. The Bertz CT molecular complexity index is 982. The van der Waals surface area contributed by atoms with Crippen LogP contribution in [0.1, 0.15) is 31.7 Å². The van der Waals surface area contributed by atoms with Gasteiger partial charge >= 0.3 is 24.3 Å². The van der Waals surface area contributed by atoms with Gasteiger partial charge in [0, 0.05) is 24.7 Å². The van der Waals surface area contributed by atoms with Crippen molar-refractivity contribution in [2.24, 2.45) is 5.73 Å². The molecule has 1 unspecified atom stereocenters. The van der Waals surface area contributed by atoms with Gasteiger partial charge in [-0.1, -0.05) is 18.2 Å². The minimum Gasteiger partial charge on any atom is -0.475 e. The molecule has 1 aromatic carbocycles. The summed E-state index contributed by atoms with van der Waals surface area (Å²) < 4.78 is 102. The van der Waals surface area contributed by atoms with Crippen LogP contribution in [0.4, 0.5) is 30.7 Å². The fourth-order valence-corrected chi connectivity index (χ4v) is 4.00. The molecule has 17 heteroatoms. The maximum absolute atomic E-state index is 13.7. The normalized spacial score (nSPS) is 17.9. The van der Waals surface area contributed by atoms with Crippen molar-refractivity contribution in [3.8, 4) is 0 Å². The van der Waals surface area contributed by atoms with E-state index in [-0.39, 0.29) is 23.9 Å². The Balaban J connectivity index is 0.000000804. The number of hydrogen-bond donors (Lipinski definition) is 4. The summed E-state index contributed by atoms with van der Waals surface area (Å²) in [6.07, 6.45) is -5.68. The average Bonchev–Trinajstić information content (AvgIpc) is 3.22. The highest BCUT2D eigenvalue weighted by Crippen LogP contribution is 2.22. The van der Waals surface area contributed by atoms with Gasteiger partial charge in [-0.3, -0.25) is 4.90 Å². The molecule has 0 amide bonds. The molecule has 3 atom stereocenters. The quantitative estimate of drug-likeness (QED) is 0.340. The number of carboxylic acid groups (broad SMARTS) is 2. The second kappa shape index (κ2) is 15.2. The Morgan fingerprint density at radius 2 is 1.58 bits per heavy atom. The van der Waals surface area contributed by atoms with Gasteiger partial charge in [0.15, 0.2) is 0 Å². The lowest BCUT2D eigenvalue weighted by molar-refractivity contribution is -0.193. The molecule has 9 nitrogen and oxygen atoms in total. The molecule has 0 saturated carbocycles. The van der Waals surface area contributed by atoms with Crippen LogP contribution in [0.3, 0.4) is 0 Å². The van der Waals surface area contributed by atoms with Crippen LogP contribution in [-0.4, -0.2) is 85.3 Å². The van der Waals surface area contributed by atoms with Crippen LogP contribution in [-0.2, 0) is 26.0 Å². The minimum atomic E-state index is -5.08. The fraction of sp³-hybridized carbons (Fsp3) is 0.619. The third-order valence-electron chi connectivity index (χ3n) is 5.14. The minimum absolute atomic E-state index is 0.124. The highest BCUT2D eigenvalue weighted by Gasteiger charge is 2.39. The summed E-state index contributed by atoms with van der Waals surface area (Å²) in [6.45, 7) is 3.50. The predicted octanol–water partition coefficient (Wildman–Crippen LogP) is 2.75. The number of alkyl halides is 6. The van der Waals surface area contributed by atoms with Crippen molar-refractivity contribution in [1.29, 1.82) is 0 Å². The van der Waals surface area contributed by atoms with Crippen molar-refractivity contribution in [2.45, 2.75) is 63.1 Å². The van der Waals surface area contributed by atoms with Crippen LogP contribution < -0.4 is 10.5 Å². The molecule has 5 N–H and O–H groups in total. The monoisotopic (exact) mass is 585 g/mol. The summed E-state index contributed by atoms with van der Waals surface area (Å²) >= 11 is 0. The first-order valence-electron chi connectivity index (χ1n) is 10.9. The highest BCUT2D eigenvalue weighted by atomic mass is 32.2. The number of benzene rings is 1. The second-order valence-corrected chi connectivity index (χ2v) is 10.2.